The van der Waals surface area contributed by atoms with Gasteiger partial charge < -0.3 is 15.4 Å². The molecule has 0 aromatic rings. The lowest BCUT2D eigenvalue weighted by atomic mass is 9.78. The molecule has 0 heterocycles. The molecule has 0 aromatic carbocycles. The molecule has 1 aliphatic rings. The Balaban J connectivity index is 3.09. The number of nitrogens with zero attached hydrogens (tertiary/aromatic N) is 1. The van der Waals surface area contributed by atoms with Crippen molar-refractivity contribution in [2.45, 2.75) is 51.5 Å². The average molecular weight is 312 g/mol. The van der Waals surface area contributed by atoms with Crippen LogP contribution >= 0.6 is 0 Å². The Morgan fingerprint density at radius 1 is 1.41 bits per heavy atom. The Bertz CT molecular complexity index is 401. The molecule has 6 nitrogen and oxygen atoms in total. The fraction of sp³-hybridized carbons (Fsp3) is 0.812. The van der Waals surface area contributed by atoms with Gasteiger partial charge in [-0.15, -0.1) is 0 Å². The van der Waals surface area contributed by atoms with Crippen molar-refractivity contribution in [3.63, 3.8) is 0 Å². The lowest BCUT2D eigenvalue weighted by Crippen LogP contribution is -2.59. The Hall–Kier alpha value is -1.43. The molecule has 2 N–H and O–H groups in total. The van der Waals surface area contributed by atoms with Crippen LogP contribution in [0.3, 0.4) is 0 Å². The van der Waals surface area contributed by atoms with E-state index in [0.29, 0.717) is 44.7 Å². The molecule has 126 valence electrons. The molecule has 1 atom stereocenters. The third-order valence-electron chi connectivity index (χ3n) is 4.14. The molecular weight excluding hydrogens is 284 g/mol. The minimum absolute atomic E-state index is 0.173. The molecule has 0 saturated heterocycles. The molecule has 0 aromatic heterocycles. The van der Waals surface area contributed by atoms with Crippen LogP contribution in [0.15, 0.2) is 0 Å². The highest BCUT2D eigenvalue weighted by Gasteiger charge is 2.49. The largest absolute Gasteiger partial charge is 0.385 e. The summed E-state index contributed by atoms with van der Waals surface area (Å²) in [6.45, 7) is 4.84. The first-order valence-corrected chi connectivity index (χ1v) is 7.92. The number of hydrogen-bond acceptors (Lipinski definition) is 4. The van der Waals surface area contributed by atoms with E-state index in [0.717, 1.165) is 12.8 Å². The van der Waals surface area contributed by atoms with E-state index < -0.39 is 17.2 Å². The van der Waals surface area contributed by atoms with Gasteiger partial charge in [-0.1, -0.05) is 26.7 Å². The first kappa shape index (κ1) is 18.6. The summed E-state index contributed by atoms with van der Waals surface area (Å²) < 4.78 is 5.01. The minimum atomic E-state index is -1.10. The number of carbonyl (C=O) groups is 3. The molecule has 6 heteroatoms. The van der Waals surface area contributed by atoms with Crippen molar-refractivity contribution in [2.24, 2.45) is 17.6 Å². The van der Waals surface area contributed by atoms with Crippen LogP contribution < -0.4 is 5.73 Å². The second-order valence-corrected chi connectivity index (χ2v) is 6.62. The normalized spacial score (nSPS) is 17.1. The molecule has 1 unspecified atom stereocenters. The van der Waals surface area contributed by atoms with Crippen LogP contribution in [0.25, 0.3) is 0 Å². The summed E-state index contributed by atoms with van der Waals surface area (Å²) in [5.41, 5.74) is 4.18. The average Bonchev–Trinajstić information content (AvgIpc) is 3.25. The van der Waals surface area contributed by atoms with Crippen LogP contribution in [-0.2, 0) is 19.1 Å². The molecule has 0 radical (unpaired) electrons. The van der Waals surface area contributed by atoms with E-state index in [4.69, 9.17) is 10.5 Å². The van der Waals surface area contributed by atoms with Crippen LogP contribution in [-0.4, -0.2) is 48.8 Å². The highest BCUT2D eigenvalue weighted by molar-refractivity contribution is 6.39. The Morgan fingerprint density at radius 2 is 2.05 bits per heavy atom. The minimum Gasteiger partial charge on any atom is -0.385 e. The van der Waals surface area contributed by atoms with Crippen LogP contribution in [0.4, 0.5) is 0 Å². The number of carbonyl (C=O) groups excluding carboxylic acids is 3. The van der Waals surface area contributed by atoms with Gasteiger partial charge >= 0.3 is 0 Å². The topological polar surface area (TPSA) is 89.7 Å². The molecule has 0 bridgehead atoms. The molecule has 0 spiro atoms. The van der Waals surface area contributed by atoms with E-state index >= 15 is 0 Å². The Labute approximate surface area is 132 Å². The van der Waals surface area contributed by atoms with Gasteiger partial charge in [-0.25, -0.2) is 0 Å². The van der Waals surface area contributed by atoms with Crippen LogP contribution in [0.2, 0.25) is 0 Å². The van der Waals surface area contributed by atoms with Gasteiger partial charge in [0, 0.05) is 20.3 Å². The number of methoxy groups -OCH3 is 1. The van der Waals surface area contributed by atoms with Crippen LogP contribution in [0.5, 0.6) is 0 Å². The monoisotopic (exact) mass is 312 g/mol. The van der Waals surface area contributed by atoms with Crippen LogP contribution in [0.1, 0.15) is 46.0 Å². The van der Waals surface area contributed by atoms with Gasteiger partial charge in [-0.3, -0.25) is 14.4 Å². The van der Waals surface area contributed by atoms with Crippen LogP contribution in [0, 0.1) is 11.8 Å². The first-order chi connectivity index (χ1) is 10.4. The quantitative estimate of drug-likeness (QED) is 0.332. The van der Waals surface area contributed by atoms with Crippen molar-refractivity contribution in [1.82, 2.24) is 4.90 Å². The SMILES string of the molecule is COCCCN(C=O)C(CC(C)C)(CC1CC1)C(=O)C(N)=O. The smallest absolute Gasteiger partial charge is 0.287 e. The number of Topliss-reactive ketones (excluding diaryl/α,β-unsaturated/α-hetero) is 1. The standard InChI is InChI=1S/C16H28N2O4/c1-12(2)9-16(10-13-5-6-13,14(20)15(17)21)18(11-19)7-4-8-22-3/h11-13H,4-10H2,1-3H3,(H2,17,21). The predicted molar refractivity (Wildman–Crippen MR) is 83.0 cm³/mol. The summed E-state index contributed by atoms with van der Waals surface area (Å²) in [5.74, 6) is -1.03. The zero-order valence-electron chi connectivity index (χ0n) is 13.8. The number of amides is 2. The van der Waals surface area contributed by atoms with Gasteiger partial charge in [0.2, 0.25) is 12.2 Å². The zero-order valence-corrected chi connectivity index (χ0v) is 13.8. The molecule has 2 amide bonds. The number of ketones is 1. The summed E-state index contributed by atoms with van der Waals surface area (Å²) in [7, 11) is 1.59. The van der Waals surface area contributed by atoms with Crippen molar-refractivity contribution in [2.75, 3.05) is 20.3 Å². The number of nitrogens with two attached hydrogens (primary N) is 1. The molecule has 1 saturated carbocycles. The fourth-order valence-corrected chi connectivity index (χ4v) is 3.08. The zero-order chi connectivity index (χ0) is 16.8. The molecule has 1 rings (SSSR count). The lowest BCUT2D eigenvalue weighted by molar-refractivity contribution is -0.148. The molecule has 22 heavy (non-hydrogen) atoms. The van der Waals surface area contributed by atoms with E-state index in [-0.39, 0.29) is 5.92 Å². The van der Waals surface area contributed by atoms with Gasteiger partial charge in [0.1, 0.15) is 5.54 Å². The molecule has 1 fully saturated rings. The van der Waals surface area contributed by atoms with E-state index in [1.807, 2.05) is 13.8 Å². The van der Waals surface area contributed by atoms with Gasteiger partial charge in [0.15, 0.2) is 0 Å². The lowest BCUT2D eigenvalue weighted by Gasteiger charge is -2.41. The molecular formula is C16H28N2O4. The summed E-state index contributed by atoms with van der Waals surface area (Å²) in [6.07, 6.45) is 4.36. The predicted octanol–water partition coefficient (Wildman–Crippen LogP) is 1.12. The maximum atomic E-state index is 12.6. The Morgan fingerprint density at radius 3 is 2.45 bits per heavy atom. The number of hydrogen-bond donors (Lipinski definition) is 1. The van der Waals surface area contributed by atoms with Gasteiger partial charge in [-0.2, -0.15) is 0 Å². The number of rotatable bonds is 12. The van der Waals surface area contributed by atoms with Crippen molar-refractivity contribution < 1.29 is 19.1 Å². The van der Waals surface area contributed by atoms with Gasteiger partial charge in [0.05, 0.1) is 0 Å². The van der Waals surface area contributed by atoms with Crippen molar-refractivity contribution in [3.8, 4) is 0 Å². The van der Waals surface area contributed by atoms with Gasteiger partial charge in [0.25, 0.3) is 5.91 Å². The van der Waals surface area contributed by atoms with E-state index in [9.17, 15) is 14.4 Å². The second-order valence-electron chi connectivity index (χ2n) is 6.62. The highest BCUT2D eigenvalue weighted by Crippen LogP contribution is 2.42. The molecule has 0 aliphatic heterocycles. The van der Waals surface area contributed by atoms with E-state index in [1.165, 1.54) is 4.90 Å². The second kappa shape index (κ2) is 8.27. The summed E-state index contributed by atoms with van der Waals surface area (Å²) >= 11 is 0. The third-order valence-corrected chi connectivity index (χ3v) is 4.14. The maximum Gasteiger partial charge on any atom is 0.287 e. The van der Waals surface area contributed by atoms with E-state index in [1.54, 1.807) is 7.11 Å². The Kier molecular flexibility index (Phi) is 7.00. The number of ether oxygens (including phenoxy) is 1. The van der Waals surface area contributed by atoms with Gasteiger partial charge in [-0.05, 0) is 31.1 Å². The maximum absolute atomic E-state index is 12.6. The van der Waals surface area contributed by atoms with Crippen molar-refractivity contribution in [1.29, 1.82) is 0 Å². The highest BCUT2D eigenvalue weighted by atomic mass is 16.5. The summed E-state index contributed by atoms with van der Waals surface area (Å²) in [6, 6.07) is 0. The third kappa shape index (κ3) is 4.80. The molecule has 1 aliphatic carbocycles. The first-order valence-electron chi connectivity index (χ1n) is 7.92. The summed E-state index contributed by atoms with van der Waals surface area (Å²) in [4.78, 5) is 37.3. The number of primary amides is 1. The van der Waals surface area contributed by atoms with Crippen molar-refractivity contribution in [3.05, 3.63) is 0 Å². The van der Waals surface area contributed by atoms with E-state index in [2.05, 4.69) is 0 Å². The fourth-order valence-electron chi connectivity index (χ4n) is 3.08. The van der Waals surface area contributed by atoms with Crippen molar-refractivity contribution >= 4 is 18.1 Å². The summed E-state index contributed by atoms with van der Waals surface area (Å²) in [5, 5.41) is 0.